The molecule has 1 aromatic rings. The molecule has 0 aliphatic carbocycles. The van der Waals surface area contributed by atoms with Crippen LogP contribution in [0.5, 0.6) is 0 Å². The summed E-state index contributed by atoms with van der Waals surface area (Å²) in [5, 5.41) is 9.66. The van der Waals surface area contributed by atoms with Gasteiger partial charge >= 0.3 is 5.97 Å². The fourth-order valence-corrected chi connectivity index (χ4v) is 2.81. The van der Waals surface area contributed by atoms with E-state index in [2.05, 4.69) is 4.90 Å². The highest BCUT2D eigenvalue weighted by Gasteiger charge is 2.35. The molecular formula is C14H18ClFN2O2. The molecule has 0 spiro atoms. The minimum Gasteiger partial charge on any atom is -0.480 e. The largest absolute Gasteiger partial charge is 0.480 e. The molecule has 1 fully saturated rings. The Hall–Kier alpha value is -1.17. The number of carbonyl (C=O) groups is 1. The number of aliphatic carboxylic acids is 1. The van der Waals surface area contributed by atoms with E-state index < -0.39 is 17.8 Å². The van der Waals surface area contributed by atoms with Crippen molar-refractivity contribution in [3.63, 3.8) is 0 Å². The van der Waals surface area contributed by atoms with Gasteiger partial charge in [0.2, 0.25) is 0 Å². The smallest absolute Gasteiger partial charge is 0.325 e. The quantitative estimate of drug-likeness (QED) is 0.930. The molecule has 2 unspecified atom stereocenters. The molecule has 0 saturated carbocycles. The Morgan fingerprint density at radius 2 is 2.20 bits per heavy atom. The molecule has 6 heteroatoms. The third kappa shape index (κ3) is 2.95. The van der Waals surface area contributed by atoms with Crippen LogP contribution in [0.15, 0.2) is 18.2 Å². The number of benzene rings is 1. The highest BCUT2D eigenvalue weighted by Crippen LogP contribution is 2.31. The Morgan fingerprint density at radius 1 is 1.50 bits per heavy atom. The molecule has 1 aromatic carbocycles. The molecule has 20 heavy (non-hydrogen) atoms. The van der Waals surface area contributed by atoms with Crippen molar-refractivity contribution >= 4 is 17.6 Å². The summed E-state index contributed by atoms with van der Waals surface area (Å²) in [4.78, 5) is 15.5. The summed E-state index contributed by atoms with van der Waals surface area (Å²) in [7, 11) is 1.99. The molecule has 2 atom stereocenters. The minimum atomic E-state index is -1.08. The van der Waals surface area contributed by atoms with Crippen LogP contribution >= 0.6 is 11.6 Å². The first-order chi connectivity index (χ1) is 9.41. The zero-order valence-electron chi connectivity index (χ0n) is 11.5. The van der Waals surface area contributed by atoms with E-state index in [9.17, 15) is 14.3 Å². The number of piperazine rings is 1. The first kappa shape index (κ1) is 15.2. The minimum absolute atomic E-state index is 0.0541. The maximum absolute atomic E-state index is 14.0. The predicted octanol–water partition coefficient (Wildman–Crippen LogP) is 2.24. The third-order valence-corrected chi connectivity index (χ3v) is 4.19. The fourth-order valence-electron chi connectivity index (χ4n) is 2.55. The van der Waals surface area contributed by atoms with Crippen molar-refractivity contribution in [1.29, 1.82) is 0 Å². The van der Waals surface area contributed by atoms with E-state index >= 15 is 0 Å². The van der Waals surface area contributed by atoms with Gasteiger partial charge in [0.25, 0.3) is 0 Å². The highest BCUT2D eigenvalue weighted by molar-refractivity contribution is 6.31. The standard InChI is InChI=1S/C14H18ClFN2O2/c1-9-8-18(7-6-17(9)2)13(14(19)20)12-10(15)4-3-5-11(12)16/h3-5,9,13H,6-8H2,1-2H3,(H,19,20). The Bertz CT molecular complexity index is 492. The van der Waals surface area contributed by atoms with Gasteiger partial charge in [0.15, 0.2) is 0 Å². The number of carboxylic acids is 1. The van der Waals surface area contributed by atoms with Crippen LogP contribution in [0.1, 0.15) is 18.5 Å². The second-order valence-electron chi connectivity index (χ2n) is 5.20. The van der Waals surface area contributed by atoms with Crippen molar-refractivity contribution in [1.82, 2.24) is 9.80 Å². The monoisotopic (exact) mass is 300 g/mol. The molecule has 110 valence electrons. The lowest BCUT2D eigenvalue weighted by atomic mass is 10.0. The lowest BCUT2D eigenvalue weighted by Gasteiger charge is -2.40. The molecule has 0 aromatic heterocycles. The maximum Gasteiger partial charge on any atom is 0.325 e. The second-order valence-corrected chi connectivity index (χ2v) is 5.61. The molecule has 1 aliphatic rings. The summed E-state index contributed by atoms with van der Waals surface area (Å²) in [6.45, 7) is 3.91. The van der Waals surface area contributed by atoms with Crippen LogP contribution in [0.4, 0.5) is 4.39 Å². The Morgan fingerprint density at radius 3 is 2.75 bits per heavy atom. The summed E-state index contributed by atoms with van der Waals surface area (Å²) in [5.74, 6) is -1.65. The van der Waals surface area contributed by atoms with E-state index in [-0.39, 0.29) is 16.6 Å². The van der Waals surface area contributed by atoms with Crippen molar-refractivity contribution in [2.75, 3.05) is 26.7 Å². The number of likely N-dealkylation sites (N-methyl/N-ethyl adjacent to an activating group) is 1. The lowest BCUT2D eigenvalue weighted by molar-refractivity contribution is -0.144. The molecule has 1 saturated heterocycles. The van der Waals surface area contributed by atoms with Gasteiger partial charge in [-0.1, -0.05) is 17.7 Å². The van der Waals surface area contributed by atoms with Gasteiger partial charge in [-0.15, -0.1) is 0 Å². The number of carboxylic acid groups (broad SMARTS) is 1. The average molecular weight is 301 g/mol. The molecular weight excluding hydrogens is 283 g/mol. The molecule has 1 heterocycles. The fraction of sp³-hybridized carbons (Fsp3) is 0.500. The zero-order chi connectivity index (χ0) is 14.9. The van der Waals surface area contributed by atoms with Crippen LogP contribution in [0.25, 0.3) is 0 Å². The molecule has 1 aliphatic heterocycles. The third-order valence-electron chi connectivity index (χ3n) is 3.86. The molecule has 0 bridgehead atoms. The van der Waals surface area contributed by atoms with Crippen molar-refractivity contribution in [2.45, 2.75) is 19.0 Å². The average Bonchev–Trinajstić information content (AvgIpc) is 2.37. The first-order valence-electron chi connectivity index (χ1n) is 6.52. The normalized spacial score (nSPS) is 22.7. The van der Waals surface area contributed by atoms with Crippen LogP contribution in [0.2, 0.25) is 5.02 Å². The number of hydrogen-bond donors (Lipinski definition) is 1. The summed E-state index contributed by atoms with van der Waals surface area (Å²) in [5.41, 5.74) is 0.0541. The topological polar surface area (TPSA) is 43.8 Å². The Kier molecular flexibility index (Phi) is 4.62. The molecule has 2 rings (SSSR count). The van der Waals surface area contributed by atoms with Gasteiger partial charge in [-0.25, -0.2) is 4.39 Å². The maximum atomic E-state index is 14.0. The van der Waals surface area contributed by atoms with Crippen LogP contribution < -0.4 is 0 Å². The van der Waals surface area contributed by atoms with Crippen molar-refractivity contribution in [3.8, 4) is 0 Å². The van der Waals surface area contributed by atoms with E-state index in [4.69, 9.17) is 11.6 Å². The number of nitrogens with zero attached hydrogens (tertiary/aromatic N) is 2. The Labute approximate surface area is 122 Å². The van der Waals surface area contributed by atoms with E-state index in [1.165, 1.54) is 18.2 Å². The first-order valence-corrected chi connectivity index (χ1v) is 6.90. The molecule has 0 amide bonds. The van der Waals surface area contributed by atoms with E-state index in [1.54, 1.807) is 4.90 Å². The van der Waals surface area contributed by atoms with Gasteiger partial charge in [0.05, 0.1) is 0 Å². The van der Waals surface area contributed by atoms with Gasteiger partial charge in [-0.3, -0.25) is 9.69 Å². The summed E-state index contributed by atoms with van der Waals surface area (Å²) in [6.07, 6.45) is 0. The van der Waals surface area contributed by atoms with Gasteiger partial charge in [0.1, 0.15) is 11.9 Å². The van der Waals surface area contributed by atoms with Gasteiger partial charge in [-0.05, 0) is 26.1 Å². The van der Waals surface area contributed by atoms with Crippen molar-refractivity contribution in [2.24, 2.45) is 0 Å². The van der Waals surface area contributed by atoms with E-state index in [1.807, 2.05) is 14.0 Å². The SMILES string of the molecule is CC1CN(C(C(=O)O)c2c(F)cccc2Cl)CCN1C. The zero-order valence-corrected chi connectivity index (χ0v) is 12.3. The lowest BCUT2D eigenvalue weighted by Crippen LogP contribution is -2.52. The van der Waals surface area contributed by atoms with E-state index in [0.717, 1.165) is 6.54 Å². The number of rotatable bonds is 3. The summed E-state index contributed by atoms with van der Waals surface area (Å²) >= 11 is 6.01. The summed E-state index contributed by atoms with van der Waals surface area (Å²) < 4.78 is 14.0. The van der Waals surface area contributed by atoms with Crippen molar-refractivity contribution < 1.29 is 14.3 Å². The van der Waals surface area contributed by atoms with Crippen LogP contribution in [-0.2, 0) is 4.79 Å². The highest BCUT2D eigenvalue weighted by atomic mass is 35.5. The van der Waals surface area contributed by atoms with Gasteiger partial charge in [0, 0.05) is 36.3 Å². The predicted molar refractivity (Wildman–Crippen MR) is 75.5 cm³/mol. The van der Waals surface area contributed by atoms with Crippen molar-refractivity contribution in [3.05, 3.63) is 34.6 Å². The van der Waals surface area contributed by atoms with Gasteiger partial charge in [-0.2, -0.15) is 0 Å². The molecule has 4 nitrogen and oxygen atoms in total. The van der Waals surface area contributed by atoms with Crippen LogP contribution in [0, 0.1) is 5.82 Å². The Balaban J connectivity index is 2.35. The second kappa shape index (κ2) is 6.08. The van der Waals surface area contributed by atoms with Gasteiger partial charge < -0.3 is 10.0 Å². The number of hydrogen-bond acceptors (Lipinski definition) is 3. The number of halogens is 2. The summed E-state index contributed by atoms with van der Waals surface area (Å²) in [6, 6.07) is 3.43. The van der Waals surface area contributed by atoms with Crippen LogP contribution in [0.3, 0.4) is 0 Å². The molecule has 1 N–H and O–H groups in total. The molecule has 0 radical (unpaired) electrons. The van der Waals surface area contributed by atoms with E-state index in [0.29, 0.717) is 13.1 Å². The van der Waals surface area contributed by atoms with Crippen LogP contribution in [-0.4, -0.2) is 53.6 Å².